The van der Waals surface area contributed by atoms with Gasteiger partial charge in [0.05, 0.1) is 0 Å². The number of aromatic nitrogens is 1. The molecule has 2 heteroatoms. The van der Waals surface area contributed by atoms with Crippen LogP contribution in [0.3, 0.4) is 0 Å². The van der Waals surface area contributed by atoms with Gasteiger partial charge < -0.3 is 4.74 Å². The summed E-state index contributed by atoms with van der Waals surface area (Å²) >= 11 is 0. The third kappa shape index (κ3) is 3.05. The minimum Gasteiger partial charge on any atom is -0.381 e. The summed E-state index contributed by atoms with van der Waals surface area (Å²) in [4.78, 5) is 4.55. The van der Waals surface area contributed by atoms with Crippen LogP contribution in [0.5, 0.6) is 0 Å². The van der Waals surface area contributed by atoms with Gasteiger partial charge in [0.25, 0.3) is 0 Å². The SMILES string of the molecule is CC(C)c1ccc(CC2CCOCC2)nc1. The molecule has 0 bridgehead atoms. The van der Waals surface area contributed by atoms with Gasteiger partial charge in [0, 0.05) is 25.1 Å². The molecule has 2 heterocycles. The third-order valence-corrected chi connectivity index (χ3v) is 3.35. The molecule has 1 aliphatic rings. The molecule has 0 aromatic carbocycles. The first-order chi connectivity index (χ1) is 7.75. The Hall–Kier alpha value is -0.890. The molecule has 0 radical (unpaired) electrons. The van der Waals surface area contributed by atoms with Gasteiger partial charge in [-0.3, -0.25) is 4.98 Å². The number of hydrogen-bond donors (Lipinski definition) is 0. The highest BCUT2D eigenvalue weighted by Crippen LogP contribution is 2.20. The van der Waals surface area contributed by atoms with Crippen LogP contribution in [-0.2, 0) is 11.2 Å². The Bertz CT molecular complexity index is 312. The zero-order chi connectivity index (χ0) is 11.4. The van der Waals surface area contributed by atoms with Crippen LogP contribution in [0.25, 0.3) is 0 Å². The molecule has 16 heavy (non-hydrogen) atoms. The molecular formula is C14H21NO. The highest BCUT2D eigenvalue weighted by molar-refractivity contribution is 5.17. The van der Waals surface area contributed by atoms with Gasteiger partial charge in [0.1, 0.15) is 0 Å². The molecule has 1 aromatic heterocycles. The Morgan fingerprint density at radius 1 is 1.31 bits per heavy atom. The smallest absolute Gasteiger partial charge is 0.0468 e. The highest BCUT2D eigenvalue weighted by atomic mass is 16.5. The molecular weight excluding hydrogens is 198 g/mol. The van der Waals surface area contributed by atoms with Crippen LogP contribution < -0.4 is 0 Å². The number of nitrogens with zero attached hydrogens (tertiary/aromatic N) is 1. The lowest BCUT2D eigenvalue weighted by Crippen LogP contribution is -2.18. The third-order valence-electron chi connectivity index (χ3n) is 3.35. The molecule has 0 unspecified atom stereocenters. The standard InChI is InChI=1S/C14H21NO/c1-11(2)13-3-4-14(15-10-13)9-12-5-7-16-8-6-12/h3-4,10-12H,5-9H2,1-2H3. The molecule has 0 saturated carbocycles. The van der Waals surface area contributed by atoms with Crippen molar-refractivity contribution < 1.29 is 4.74 Å². The average Bonchev–Trinajstić information content (AvgIpc) is 2.31. The Balaban J connectivity index is 1.93. The maximum atomic E-state index is 5.37. The Morgan fingerprint density at radius 2 is 2.06 bits per heavy atom. The lowest BCUT2D eigenvalue weighted by atomic mass is 9.94. The topological polar surface area (TPSA) is 22.1 Å². The molecule has 1 aromatic rings. The van der Waals surface area contributed by atoms with E-state index < -0.39 is 0 Å². The van der Waals surface area contributed by atoms with Gasteiger partial charge in [-0.15, -0.1) is 0 Å². The lowest BCUT2D eigenvalue weighted by Gasteiger charge is -2.21. The molecule has 0 amide bonds. The fourth-order valence-corrected chi connectivity index (χ4v) is 2.14. The van der Waals surface area contributed by atoms with E-state index in [0.717, 1.165) is 25.6 Å². The van der Waals surface area contributed by atoms with Crippen LogP contribution in [0.2, 0.25) is 0 Å². The summed E-state index contributed by atoms with van der Waals surface area (Å²) in [6.45, 7) is 6.26. The Morgan fingerprint density at radius 3 is 2.62 bits per heavy atom. The summed E-state index contributed by atoms with van der Waals surface area (Å²) in [6, 6.07) is 4.40. The van der Waals surface area contributed by atoms with E-state index in [-0.39, 0.29) is 0 Å². The predicted molar refractivity (Wildman–Crippen MR) is 65.6 cm³/mol. The van der Waals surface area contributed by atoms with Gasteiger partial charge in [-0.1, -0.05) is 19.9 Å². The second kappa shape index (κ2) is 5.44. The molecule has 88 valence electrons. The second-order valence-corrected chi connectivity index (χ2v) is 5.00. The lowest BCUT2D eigenvalue weighted by molar-refractivity contribution is 0.0663. The predicted octanol–water partition coefficient (Wildman–Crippen LogP) is 3.17. The van der Waals surface area contributed by atoms with Crippen molar-refractivity contribution in [3.8, 4) is 0 Å². The maximum absolute atomic E-state index is 5.37. The Labute approximate surface area is 98.0 Å². The fourth-order valence-electron chi connectivity index (χ4n) is 2.14. The van der Waals surface area contributed by atoms with E-state index in [2.05, 4.69) is 31.0 Å². The molecule has 0 spiro atoms. The van der Waals surface area contributed by atoms with E-state index in [1.807, 2.05) is 6.20 Å². The summed E-state index contributed by atoms with van der Waals surface area (Å²) in [5.41, 5.74) is 2.56. The first-order valence-corrected chi connectivity index (χ1v) is 6.28. The summed E-state index contributed by atoms with van der Waals surface area (Å²) in [5, 5.41) is 0. The van der Waals surface area contributed by atoms with Crippen LogP contribution in [0.4, 0.5) is 0 Å². The first-order valence-electron chi connectivity index (χ1n) is 6.28. The summed E-state index contributed by atoms with van der Waals surface area (Å²) in [6.07, 6.45) is 5.52. The van der Waals surface area contributed by atoms with E-state index in [1.54, 1.807) is 0 Å². The van der Waals surface area contributed by atoms with Crippen LogP contribution in [0.15, 0.2) is 18.3 Å². The van der Waals surface area contributed by atoms with Crippen molar-refractivity contribution >= 4 is 0 Å². The van der Waals surface area contributed by atoms with Gasteiger partial charge in [-0.25, -0.2) is 0 Å². The van der Waals surface area contributed by atoms with Crippen molar-refractivity contribution in [1.82, 2.24) is 4.98 Å². The fraction of sp³-hybridized carbons (Fsp3) is 0.643. The quantitative estimate of drug-likeness (QED) is 0.779. The van der Waals surface area contributed by atoms with Gasteiger partial charge in [-0.2, -0.15) is 0 Å². The van der Waals surface area contributed by atoms with E-state index in [0.29, 0.717) is 5.92 Å². The summed E-state index contributed by atoms with van der Waals surface area (Å²) in [7, 11) is 0. The van der Waals surface area contributed by atoms with Gasteiger partial charge in [0.15, 0.2) is 0 Å². The van der Waals surface area contributed by atoms with Crippen LogP contribution in [0, 0.1) is 5.92 Å². The number of hydrogen-bond acceptors (Lipinski definition) is 2. The number of ether oxygens (including phenoxy) is 1. The van der Waals surface area contributed by atoms with Crippen molar-refractivity contribution in [2.45, 2.75) is 39.0 Å². The highest BCUT2D eigenvalue weighted by Gasteiger charge is 2.14. The molecule has 1 fully saturated rings. The minimum absolute atomic E-state index is 0.574. The second-order valence-electron chi connectivity index (χ2n) is 5.00. The molecule has 0 aliphatic carbocycles. The maximum Gasteiger partial charge on any atom is 0.0468 e. The molecule has 1 aliphatic heterocycles. The van der Waals surface area contributed by atoms with E-state index in [1.165, 1.54) is 24.1 Å². The number of pyridine rings is 1. The van der Waals surface area contributed by atoms with Crippen LogP contribution in [0.1, 0.15) is 43.9 Å². The molecule has 0 N–H and O–H groups in total. The van der Waals surface area contributed by atoms with Crippen molar-refractivity contribution in [2.24, 2.45) is 5.92 Å². The normalized spacial score (nSPS) is 17.9. The van der Waals surface area contributed by atoms with E-state index in [4.69, 9.17) is 4.74 Å². The van der Waals surface area contributed by atoms with Crippen LogP contribution in [-0.4, -0.2) is 18.2 Å². The van der Waals surface area contributed by atoms with E-state index >= 15 is 0 Å². The minimum atomic E-state index is 0.574. The van der Waals surface area contributed by atoms with Gasteiger partial charge in [-0.05, 0) is 42.7 Å². The largest absolute Gasteiger partial charge is 0.381 e. The van der Waals surface area contributed by atoms with Gasteiger partial charge >= 0.3 is 0 Å². The molecule has 1 saturated heterocycles. The van der Waals surface area contributed by atoms with Crippen molar-refractivity contribution in [1.29, 1.82) is 0 Å². The molecule has 2 nitrogen and oxygen atoms in total. The molecule has 0 atom stereocenters. The van der Waals surface area contributed by atoms with Crippen molar-refractivity contribution in [3.63, 3.8) is 0 Å². The van der Waals surface area contributed by atoms with Gasteiger partial charge in [0.2, 0.25) is 0 Å². The first kappa shape index (κ1) is 11.6. The average molecular weight is 219 g/mol. The van der Waals surface area contributed by atoms with E-state index in [9.17, 15) is 0 Å². The van der Waals surface area contributed by atoms with Crippen LogP contribution >= 0.6 is 0 Å². The molecule has 2 rings (SSSR count). The summed E-state index contributed by atoms with van der Waals surface area (Å²) in [5.74, 6) is 1.34. The Kier molecular flexibility index (Phi) is 3.94. The zero-order valence-electron chi connectivity index (χ0n) is 10.3. The number of rotatable bonds is 3. The zero-order valence-corrected chi connectivity index (χ0v) is 10.3. The summed E-state index contributed by atoms with van der Waals surface area (Å²) < 4.78 is 5.37. The van der Waals surface area contributed by atoms with Crippen molar-refractivity contribution in [3.05, 3.63) is 29.6 Å². The van der Waals surface area contributed by atoms with Crippen molar-refractivity contribution in [2.75, 3.05) is 13.2 Å². The monoisotopic (exact) mass is 219 g/mol.